The summed E-state index contributed by atoms with van der Waals surface area (Å²) in [6.07, 6.45) is 2.97. The second kappa shape index (κ2) is 6.10. The van der Waals surface area contributed by atoms with Crippen molar-refractivity contribution in [3.8, 4) is 5.75 Å². The third-order valence-electron chi connectivity index (χ3n) is 3.03. The Bertz CT molecular complexity index is 892. The molecule has 4 heteroatoms. The molecule has 1 heterocycles. The van der Waals surface area contributed by atoms with Crippen molar-refractivity contribution in [3.05, 3.63) is 82.7 Å². The number of rotatable bonds is 3. The monoisotopic (exact) mass is 292 g/mol. The van der Waals surface area contributed by atoms with Crippen LogP contribution in [0.2, 0.25) is 0 Å². The summed E-state index contributed by atoms with van der Waals surface area (Å²) in [4.78, 5) is 23.4. The number of esters is 1. The molecule has 0 bridgehead atoms. The predicted octanol–water partition coefficient (Wildman–Crippen LogP) is 3.41. The fraction of sp³-hybridized carbons (Fsp3) is 0. The van der Waals surface area contributed by atoms with Gasteiger partial charge in [0.25, 0.3) is 0 Å². The maximum absolute atomic E-state index is 11.9. The largest absolute Gasteiger partial charge is 0.422 e. The van der Waals surface area contributed by atoms with Crippen LogP contribution in [0.3, 0.4) is 0 Å². The molecule has 0 unspecified atom stereocenters. The van der Waals surface area contributed by atoms with Gasteiger partial charge in [0.1, 0.15) is 11.3 Å². The maximum Gasteiger partial charge on any atom is 0.339 e. The Balaban J connectivity index is 1.85. The highest BCUT2D eigenvalue weighted by atomic mass is 16.5. The molecule has 0 radical (unpaired) electrons. The minimum atomic E-state index is -0.562. The van der Waals surface area contributed by atoms with E-state index in [0.717, 1.165) is 11.6 Å². The summed E-state index contributed by atoms with van der Waals surface area (Å²) in [6, 6.07) is 17.4. The zero-order valence-corrected chi connectivity index (χ0v) is 11.6. The van der Waals surface area contributed by atoms with Gasteiger partial charge in [-0.2, -0.15) is 0 Å². The van der Waals surface area contributed by atoms with Crippen LogP contribution in [0.5, 0.6) is 5.75 Å². The first kappa shape index (κ1) is 13.8. The Morgan fingerprint density at radius 3 is 2.55 bits per heavy atom. The standard InChI is InChI=1S/C18H12O4/c19-17(11-10-13-6-2-1-3-7-13)22-16-12-18(20)21-15-9-5-4-8-14(15)16/h1-12H. The second-order valence-electron chi connectivity index (χ2n) is 4.59. The van der Waals surface area contributed by atoms with Gasteiger partial charge < -0.3 is 9.15 Å². The average Bonchev–Trinajstić information content (AvgIpc) is 2.54. The van der Waals surface area contributed by atoms with Crippen LogP contribution >= 0.6 is 0 Å². The number of carbonyl (C=O) groups excluding carboxylic acids is 1. The molecule has 108 valence electrons. The summed E-state index contributed by atoms with van der Waals surface area (Å²) in [6.45, 7) is 0. The maximum atomic E-state index is 11.9. The van der Waals surface area contributed by atoms with Gasteiger partial charge in [0.2, 0.25) is 0 Å². The molecule has 0 aliphatic rings. The van der Waals surface area contributed by atoms with E-state index in [0.29, 0.717) is 11.0 Å². The molecule has 0 atom stereocenters. The number of fused-ring (bicyclic) bond motifs is 1. The zero-order valence-electron chi connectivity index (χ0n) is 11.6. The molecule has 2 aromatic carbocycles. The first-order valence-electron chi connectivity index (χ1n) is 6.70. The minimum absolute atomic E-state index is 0.189. The number of carbonyl (C=O) groups is 1. The van der Waals surface area contributed by atoms with E-state index < -0.39 is 11.6 Å². The smallest absolute Gasteiger partial charge is 0.339 e. The summed E-state index contributed by atoms with van der Waals surface area (Å²) in [5, 5.41) is 0.573. The van der Waals surface area contributed by atoms with Crippen molar-refractivity contribution in [1.82, 2.24) is 0 Å². The van der Waals surface area contributed by atoms with E-state index in [1.807, 2.05) is 30.3 Å². The highest BCUT2D eigenvalue weighted by molar-refractivity contribution is 5.92. The quantitative estimate of drug-likeness (QED) is 0.422. The van der Waals surface area contributed by atoms with Crippen LogP contribution in [-0.4, -0.2) is 5.97 Å². The fourth-order valence-corrected chi connectivity index (χ4v) is 2.04. The van der Waals surface area contributed by atoms with Crippen molar-refractivity contribution >= 4 is 23.0 Å². The van der Waals surface area contributed by atoms with Crippen LogP contribution in [0.25, 0.3) is 17.0 Å². The van der Waals surface area contributed by atoms with E-state index in [4.69, 9.17) is 9.15 Å². The van der Waals surface area contributed by atoms with Crippen LogP contribution in [0, 0.1) is 0 Å². The first-order chi connectivity index (χ1) is 10.7. The van der Waals surface area contributed by atoms with Crippen molar-refractivity contribution in [3.63, 3.8) is 0 Å². The van der Waals surface area contributed by atoms with E-state index in [1.54, 1.807) is 30.3 Å². The zero-order chi connectivity index (χ0) is 15.4. The molecule has 0 spiro atoms. The minimum Gasteiger partial charge on any atom is -0.422 e. The number of para-hydroxylation sites is 1. The van der Waals surface area contributed by atoms with Gasteiger partial charge in [-0.25, -0.2) is 9.59 Å². The average molecular weight is 292 g/mol. The Morgan fingerprint density at radius 1 is 1.00 bits per heavy atom. The van der Waals surface area contributed by atoms with Crippen molar-refractivity contribution in [2.75, 3.05) is 0 Å². The first-order valence-corrected chi connectivity index (χ1v) is 6.70. The van der Waals surface area contributed by atoms with Gasteiger partial charge >= 0.3 is 11.6 Å². The molecule has 0 amide bonds. The van der Waals surface area contributed by atoms with Crippen LogP contribution in [-0.2, 0) is 4.79 Å². The van der Waals surface area contributed by atoms with Gasteiger partial charge in [-0.1, -0.05) is 42.5 Å². The van der Waals surface area contributed by atoms with Crippen LogP contribution < -0.4 is 10.4 Å². The molecule has 0 N–H and O–H groups in total. The SMILES string of the molecule is O=C(C=Cc1ccccc1)Oc1cc(=O)oc2ccccc12. The van der Waals surface area contributed by atoms with Crippen molar-refractivity contribution < 1.29 is 13.9 Å². The normalized spacial score (nSPS) is 10.9. The summed E-state index contributed by atoms with van der Waals surface area (Å²) in [7, 11) is 0. The van der Waals surface area contributed by atoms with E-state index in [-0.39, 0.29) is 5.75 Å². The molecule has 0 saturated carbocycles. The van der Waals surface area contributed by atoms with Crippen molar-refractivity contribution in [2.45, 2.75) is 0 Å². The summed E-state index contributed by atoms with van der Waals surface area (Å²) in [5.74, 6) is -0.367. The lowest BCUT2D eigenvalue weighted by molar-refractivity contribution is -0.128. The lowest BCUT2D eigenvalue weighted by Gasteiger charge is -2.04. The molecular formula is C18H12O4. The van der Waals surface area contributed by atoms with Crippen LogP contribution in [0.15, 0.2) is 76.0 Å². The van der Waals surface area contributed by atoms with Gasteiger partial charge in [0, 0.05) is 6.08 Å². The third kappa shape index (κ3) is 3.12. The van der Waals surface area contributed by atoms with E-state index in [2.05, 4.69) is 0 Å². The summed E-state index contributed by atoms with van der Waals surface area (Å²) >= 11 is 0. The molecule has 4 nitrogen and oxygen atoms in total. The molecule has 0 aliphatic heterocycles. The molecule has 3 aromatic rings. The van der Waals surface area contributed by atoms with Gasteiger partial charge in [0.05, 0.1) is 11.5 Å². The number of hydrogen-bond donors (Lipinski definition) is 0. The highest BCUT2D eigenvalue weighted by Gasteiger charge is 2.08. The molecule has 0 saturated heterocycles. The van der Waals surface area contributed by atoms with Gasteiger partial charge in [-0.3, -0.25) is 0 Å². The predicted molar refractivity (Wildman–Crippen MR) is 83.6 cm³/mol. The molecule has 0 aliphatic carbocycles. The third-order valence-corrected chi connectivity index (χ3v) is 3.03. The molecule has 22 heavy (non-hydrogen) atoms. The van der Waals surface area contributed by atoms with Gasteiger partial charge in [-0.05, 0) is 23.8 Å². The number of hydrogen-bond acceptors (Lipinski definition) is 4. The Hall–Kier alpha value is -3.14. The van der Waals surface area contributed by atoms with E-state index >= 15 is 0 Å². The molecule has 0 fully saturated rings. The van der Waals surface area contributed by atoms with Gasteiger partial charge in [-0.15, -0.1) is 0 Å². The summed E-state index contributed by atoms with van der Waals surface area (Å²) < 4.78 is 10.3. The van der Waals surface area contributed by atoms with E-state index in [9.17, 15) is 9.59 Å². The lowest BCUT2D eigenvalue weighted by atomic mass is 10.2. The number of ether oxygens (including phenoxy) is 1. The summed E-state index contributed by atoms with van der Waals surface area (Å²) in [5.41, 5.74) is 0.704. The Kier molecular flexibility index (Phi) is 3.83. The van der Waals surface area contributed by atoms with Crippen LogP contribution in [0.1, 0.15) is 5.56 Å². The Labute approximate surface area is 126 Å². The highest BCUT2D eigenvalue weighted by Crippen LogP contribution is 2.23. The van der Waals surface area contributed by atoms with E-state index in [1.165, 1.54) is 6.08 Å². The van der Waals surface area contributed by atoms with Crippen molar-refractivity contribution in [2.24, 2.45) is 0 Å². The van der Waals surface area contributed by atoms with Crippen molar-refractivity contribution in [1.29, 1.82) is 0 Å². The lowest BCUT2D eigenvalue weighted by Crippen LogP contribution is -2.07. The Morgan fingerprint density at radius 2 is 1.73 bits per heavy atom. The second-order valence-corrected chi connectivity index (χ2v) is 4.59. The van der Waals surface area contributed by atoms with Crippen LogP contribution in [0.4, 0.5) is 0 Å². The molecule has 1 aromatic heterocycles. The molecule has 3 rings (SSSR count). The molecular weight excluding hydrogens is 280 g/mol. The van der Waals surface area contributed by atoms with Gasteiger partial charge in [0.15, 0.2) is 0 Å². The fourth-order valence-electron chi connectivity index (χ4n) is 2.04. The topological polar surface area (TPSA) is 56.5 Å². The number of benzene rings is 2.